The van der Waals surface area contributed by atoms with Gasteiger partial charge in [-0.3, -0.25) is 9.59 Å². The first kappa shape index (κ1) is 17.5. The highest BCUT2D eigenvalue weighted by Gasteiger charge is 2.17. The van der Waals surface area contributed by atoms with E-state index in [1.807, 2.05) is 11.9 Å². The number of hydrogen-bond donors (Lipinski definition) is 2. The Morgan fingerprint density at radius 1 is 1.04 bits per heavy atom. The number of carbonyl (C=O) groups is 2. The average Bonchev–Trinajstić information content (AvgIpc) is 2.84. The van der Waals surface area contributed by atoms with E-state index >= 15 is 0 Å². The zero-order chi connectivity index (χ0) is 16.5. The molecule has 0 atom stereocenters. The lowest BCUT2D eigenvalue weighted by atomic mass is 10.1. The molecule has 0 aromatic heterocycles. The van der Waals surface area contributed by atoms with Gasteiger partial charge in [0.1, 0.15) is 0 Å². The lowest BCUT2D eigenvalue weighted by Gasteiger charge is -2.20. The number of nitrogens with one attached hydrogen (secondary N) is 2. The summed E-state index contributed by atoms with van der Waals surface area (Å²) in [5, 5.41) is 5.89. The minimum absolute atomic E-state index is 0.00634. The van der Waals surface area contributed by atoms with Crippen molar-refractivity contribution < 1.29 is 9.59 Å². The Hall–Kier alpha value is -1.88. The molecule has 1 aromatic rings. The summed E-state index contributed by atoms with van der Waals surface area (Å²) in [6.07, 6.45) is 5.91. The van der Waals surface area contributed by atoms with E-state index in [0.717, 1.165) is 44.6 Å². The number of likely N-dealkylation sites (tertiary alicyclic amines) is 1. The second-order valence-corrected chi connectivity index (χ2v) is 6.04. The molecule has 1 aliphatic rings. The molecular weight excluding hydrogens is 290 g/mol. The Labute approximate surface area is 138 Å². The second-order valence-electron chi connectivity index (χ2n) is 6.04. The van der Waals surface area contributed by atoms with E-state index in [4.69, 9.17) is 0 Å². The van der Waals surface area contributed by atoms with Gasteiger partial charge in [-0.05, 0) is 57.1 Å². The zero-order valence-electron chi connectivity index (χ0n) is 13.9. The van der Waals surface area contributed by atoms with Crippen LogP contribution in [0.25, 0.3) is 0 Å². The van der Waals surface area contributed by atoms with E-state index in [1.165, 1.54) is 12.8 Å². The number of hydrogen-bond acceptors (Lipinski definition) is 3. The lowest BCUT2D eigenvalue weighted by Crippen LogP contribution is -2.31. The first-order valence-corrected chi connectivity index (χ1v) is 8.54. The Bertz CT molecular complexity index is 506. The standard InChI is InChI=1S/C18H27N3O2/c1-19-12-6-7-17(22)20-16-10-8-15(9-11-16)18(23)21-13-4-2-3-5-14-21/h8-11,19H,2-7,12-14H2,1H3,(H,20,22). The number of rotatable bonds is 6. The van der Waals surface area contributed by atoms with E-state index in [2.05, 4.69) is 10.6 Å². The molecule has 1 heterocycles. The molecule has 0 unspecified atom stereocenters. The summed E-state index contributed by atoms with van der Waals surface area (Å²) < 4.78 is 0. The van der Waals surface area contributed by atoms with Crippen molar-refractivity contribution in [1.82, 2.24) is 10.2 Å². The van der Waals surface area contributed by atoms with Crippen molar-refractivity contribution in [3.05, 3.63) is 29.8 Å². The topological polar surface area (TPSA) is 61.4 Å². The Morgan fingerprint density at radius 2 is 1.70 bits per heavy atom. The third-order valence-electron chi connectivity index (χ3n) is 4.14. The SMILES string of the molecule is CNCCCC(=O)Nc1ccc(C(=O)N2CCCCCC2)cc1. The Morgan fingerprint density at radius 3 is 2.30 bits per heavy atom. The van der Waals surface area contributed by atoms with E-state index in [1.54, 1.807) is 24.3 Å². The minimum Gasteiger partial charge on any atom is -0.339 e. The molecule has 2 amide bonds. The van der Waals surface area contributed by atoms with E-state index in [-0.39, 0.29) is 11.8 Å². The van der Waals surface area contributed by atoms with Crippen LogP contribution >= 0.6 is 0 Å². The number of nitrogens with zero attached hydrogens (tertiary/aromatic N) is 1. The van der Waals surface area contributed by atoms with Crippen LogP contribution in [0.3, 0.4) is 0 Å². The van der Waals surface area contributed by atoms with E-state index < -0.39 is 0 Å². The third-order valence-corrected chi connectivity index (χ3v) is 4.14. The Kier molecular flexibility index (Phi) is 7.07. The maximum absolute atomic E-state index is 12.5. The normalized spacial score (nSPS) is 15.1. The molecule has 0 bridgehead atoms. The fourth-order valence-corrected chi connectivity index (χ4v) is 2.80. The molecule has 2 N–H and O–H groups in total. The molecule has 126 valence electrons. The van der Waals surface area contributed by atoms with Gasteiger partial charge in [-0.15, -0.1) is 0 Å². The van der Waals surface area contributed by atoms with Crippen LogP contribution in [0.1, 0.15) is 48.9 Å². The first-order chi connectivity index (χ1) is 11.2. The fourth-order valence-electron chi connectivity index (χ4n) is 2.80. The van der Waals surface area contributed by atoms with Crippen LogP contribution in [-0.4, -0.2) is 43.4 Å². The minimum atomic E-state index is 0.00634. The van der Waals surface area contributed by atoms with Crippen molar-refractivity contribution >= 4 is 17.5 Å². The van der Waals surface area contributed by atoms with E-state index in [0.29, 0.717) is 12.0 Å². The average molecular weight is 317 g/mol. The van der Waals surface area contributed by atoms with Crippen molar-refractivity contribution in [3.8, 4) is 0 Å². The van der Waals surface area contributed by atoms with Gasteiger partial charge in [0, 0.05) is 30.8 Å². The van der Waals surface area contributed by atoms with Gasteiger partial charge in [0.15, 0.2) is 0 Å². The molecule has 23 heavy (non-hydrogen) atoms. The van der Waals surface area contributed by atoms with Crippen LogP contribution in [-0.2, 0) is 4.79 Å². The molecular formula is C18H27N3O2. The molecule has 5 heteroatoms. The van der Waals surface area contributed by atoms with Gasteiger partial charge in [-0.25, -0.2) is 0 Å². The molecule has 1 fully saturated rings. The summed E-state index contributed by atoms with van der Waals surface area (Å²) in [5.41, 5.74) is 1.44. The van der Waals surface area contributed by atoms with Crippen molar-refractivity contribution in [2.24, 2.45) is 0 Å². The zero-order valence-corrected chi connectivity index (χ0v) is 13.9. The second kappa shape index (κ2) is 9.30. The largest absolute Gasteiger partial charge is 0.339 e. The molecule has 0 aliphatic carbocycles. The van der Waals surface area contributed by atoms with Gasteiger partial charge in [0.2, 0.25) is 5.91 Å². The van der Waals surface area contributed by atoms with Crippen molar-refractivity contribution in [2.45, 2.75) is 38.5 Å². The smallest absolute Gasteiger partial charge is 0.253 e. The van der Waals surface area contributed by atoms with Crippen LogP contribution in [0.4, 0.5) is 5.69 Å². The highest BCUT2D eigenvalue weighted by molar-refractivity contribution is 5.95. The number of anilines is 1. The van der Waals surface area contributed by atoms with Crippen LogP contribution < -0.4 is 10.6 Å². The molecule has 0 radical (unpaired) electrons. The Balaban J connectivity index is 1.88. The van der Waals surface area contributed by atoms with Gasteiger partial charge in [0.05, 0.1) is 0 Å². The van der Waals surface area contributed by atoms with Gasteiger partial charge >= 0.3 is 0 Å². The quantitative estimate of drug-likeness (QED) is 0.793. The van der Waals surface area contributed by atoms with Gasteiger partial charge in [-0.2, -0.15) is 0 Å². The van der Waals surface area contributed by atoms with Crippen molar-refractivity contribution in [3.63, 3.8) is 0 Å². The maximum Gasteiger partial charge on any atom is 0.253 e. The summed E-state index contributed by atoms with van der Waals surface area (Å²) in [6.45, 7) is 2.53. The number of benzene rings is 1. The summed E-state index contributed by atoms with van der Waals surface area (Å²) in [7, 11) is 1.87. The fraction of sp³-hybridized carbons (Fsp3) is 0.556. The molecule has 1 saturated heterocycles. The summed E-state index contributed by atoms with van der Waals surface area (Å²) >= 11 is 0. The van der Waals surface area contributed by atoms with Crippen LogP contribution in [0.2, 0.25) is 0 Å². The lowest BCUT2D eigenvalue weighted by molar-refractivity contribution is -0.116. The van der Waals surface area contributed by atoms with Gasteiger partial charge < -0.3 is 15.5 Å². The summed E-state index contributed by atoms with van der Waals surface area (Å²) in [5.74, 6) is 0.102. The monoisotopic (exact) mass is 317 g/mol. The maximum atomic E-state index is 12.5. The van der Waals surface area contributed by atoms with Crippen LogP contribution in [0.15, 0.2) is 24.3 Å². The first-order valence-electron chi connectivity index (χ1n) is 8.54. The number of amides is 2. The predicted molar refractivity (Wildman–Crippen MR) is 92.6 cm³/mol. The van der Waals surface area contributed by atoms with Crippen molar-refractivity contribution in [1.29, 1.82) is 0 Å². The molecule has 5 nitrogen and oxygen atoms in total. The molecule has 1 aliphatic heterocycles. The predicted octanol–water partition coefficient (Wildman–Crippen LogP) is 2.64. The third kappa shape index (κ3) is 5.67. The number of carbonyl (C=O) groups excluding carboxylic acids is 2. The van der Waals surface area contributed by atoms with Crippen LogP contribution in [0, 0.1) is 0 Å². The molecule has 0 spiro atoms. The highest BCUT2D eigenvalue weighted by Crippen LogP contribution is 2.15. The van der Waals surface area contributed by atoms with Crippen molar-refractivity contribution in [2.75, 3.05) is 32.0 Å². The molecule has 1 aromatic carbocycles. The highest BCUT2D eigenvalue weighted by atomic mass is 16.2. The molecule has 2 rings (SSSR count). The molecule has 0 saturated carbocycles. The van der Waals surface area contributed by atoms with Gasteiger partial charge in [0.25, 0.3) is 5.91 Å². The summed E-state index contributed by atoms with van der Waals surface area (Å²) in [6, 6.07) is 7.22. The van der Waals surface area contributed by atoms with E-state index in [9.17, 15) is 9.59 Å². The van der Waals surface area contributed by atoms with Crippen LogP contribution in [0.5, 0.6) is 0 Å². The summed E-state index contributed by atoms with van der Waals surface area (Å²) in [4.78, 5) is 26.2. The van der Waals surface area contributed by atoms with Gasteiger partial charge in [-0.1, -0.05) is 12.8 Å².